The van der Waals surface area contributed by atoms with Crippen LogP contribution in [0.4, 0.5) is 0 Å². The number of rotatable bonds is 1. The van der Waals surface area contributed by atoms with Gasteiger partial charge in [-0.1, -0.05) is 13.8 Å². The minimum atomic E-state index is 0.521. The van der Waals surface area contributed by atoms with E-state index in [-0.39, 0.29) is 0 Å². The van der Waals surface area contributed by atoms with Gasteiger partial charge in [-0.05, 0) is 28.8 Å². The van der Waals surface area contributed by atoms with E-state index in [1.54, 1.807) is 11.3 Å². The summed E-state index contributed by atoms with van der Waals surface area (Å²) in [5, 5.41) is 3.44. The van der Waals surface area contributed by atoms with Crippen molar-refractivity contribution in [3.63, 3.8) is 0 Å². The summed E-state index contributed by atoms with van der Waals surface area (Å²) in [5.74, 6) is 0.521. The Bertz CT molecular complexity index is 389. The lowest BCUT2D eigenvalue weighted by atomic mass is 10.1. The van der Waals surface area contributed by atoms with Crippen molar-refractivity contribution in [2.45, 2.75) is 19.8 Å². The third-order valence-electron chi connectivity index (χ3n) is 1.94. The SMILES string of the molecule is CC(C)c1nccc2ccsc12. The molecule has 0 saturated heterocycles. The minimum Gasteiger partial charge on any atom is -0.260 e. The Morgan fingerprint density at radius 3 is 2.92 bits per heavy atom. The van der Waals surface area contributed by atoms with Crippen molar-refractivity contribution in [2.24, 2.45) is 0 Å². The summed E-state index contributed by atoms with van der Waals surface area (Å²) >= 11 is 1.78. The van der Waals surface area contributed by atoms with Gasteiger partial charge in [0.2, 0.25) is 0 Å². The van der Waals surface area contributed by atoms with Gasteiger partial charge in [0.25, 0.3) is 0 Å². The molecule has 2 rings (SSSR count). The third-order valence-corrected chi connectivity index (χ3v) is 2.90. The van der Waals surface area contributed by atoms with E-state index in [1.165, 1.54) is 15.8 Å². The molecule has 0 amide bonds. The molecule has 0 saturated carbocycles. The monoisotopic (exact) mass is 177 g/mol. The highest BCUT2D eigenvalue weighted by Gasteiger charge is 2.06. The first-order valence-corrected chi connectivity index (χ1v) is 4.99. The van der Waals surface area contributed by atoms with Crippen LogP contribution in [-0.2, 0) is 0 Å². The molecule has 2 aromatic heterocycles. The second-order valence-corrected chi connectivity index (χ2v) is 4.11. The molecule has 0 aliphatic rings. The Hall–Kier alpha value is -0.890. The van der Waals surface area contributed by atoms with Crippen molar-refractivity contribution in [3.05, 3.63) is 29.4 Å². The number of hydrogen-bond donors (Lipinski definition) is 0. The number of nitrogens with zero attached hydrogens (tertiary/aromatic N) is 1. The maximum Gasteiger partial charge on any atom is 0.0606 e. The van der Waals surface area contributed by atoms with Crippen LogP contribution in [0.25, 0.3) is 10.1 Å². The Balaban J connectivity index is 2.73. The first-order chi connectivity index (χ1) is 5.79. The fourth-order valence-electron chi connectivity index (χ4n) is 1.33. The minimum absolute atomic E-state index is 0.521. The van der Waals surface area contributed by atoms with E-state index in [9.17, 15) is 0 Å². The number of fused-ring (bicyclic) bond motifs is 1. The molecule has 0 spiro atoms. The van der Waals surface area contributed by atoms with Crippen LogP contribution in [-0.4, -0.2) is 4.98 Å². The Morgan fingerprint density at radius 2 is 2.17 bits per heavy atom. The Morgan fingerprint density at radius 1 is 1.33 bits per heavy atom. The Kier molecular flexibility index (Phi) is 1.85. The van der Waals surface area contributed by atoms with Gasteiger partial charge in [-0.2, -0.15) is 0 Å². The standard InChI is InChI=1S/C10H11NS/c1-7(2)9-10-8(3-5-11-9)4-6-12-10/h3-7H,1-2H3. The van der Waals surface area contributed by atoms with Crippen LogP contribution in [0.3, 0.4) is 0 Å². The molecular weight excluding hydrogens is 166 g/mol. The average molecular weight is 177 g/mol. The largest absolute Gasteiger partial charge is 0.260 e. The topological polar surface area (TPSA) is 12.9 Å². The summed E-state index contributed by atoms with van der Waals surface area (Å²) in [6.07, 6.45) is 1.89. The molecule has 1 nitrogen and oxygen atoms in total. The van der Waals surface area contributed by atoms with Crippen LogP contribution in [0.2, 0.25) is 0 Å². The average Bonchev–Trinajstić information content (AvgIpc) is 2.49. The molecule has 0 aliphatic heterocycles. The van der Waals surface area contributed by atoms with Gasteiger partial charge >= 0.3 is 0 Å². The van der Waals surface area contributed by atoms with Crippen LogP contribution in [0, 0.1) is 0 Å². The molecule has 2 aromatic rings. The first-order valence-electron chi connectivity index (χ1n) is 4.11. The number of hydrogen-bond acceptors (Lipinski definition) is 2. The normalized spacial score (nSPS) is 11.2. The fraction of sp³-hybridized carbons (Fsp3) is 0.300. The summed E-state index contributed by atoms with van der Waals surface area (Å²) in [6, 6.07) is 4.21. The lowest BCUT2D eigenvalue weighted by molar-refractivity contribution is 0.836. The molecule has 12 heavy (non-hydrogen) atoms. The molecule has 62 valence electrons. The van der Waals surface area contributed by atoms with E-state index in [2.05, 4.69) is 36.3 Å². The predicted octanol–water partition coefficient (Wildman–Crippen LogP) is 3.42. The summed E-state index contributed by atoms with van der Waals surface area (Å²) in [6.45, 7) is 4.36. The lowest BCUT2D eigenvalue weighted by Crippen LogP contribution is -1.90. The summed E-state index contributed by atoms with van der Waals surface area (Å²) in [5.41, 5.74) is 1.22. The van der Waals surface area contributed by atoms with E-state index in [0.29, 0.717) is 5.92 Å². The zero-order valence-corrected chi connectivity index (χ0v) is 8.06. The van der Waals surface area contributed by atoms with E-state index in [0.717, 1.165) is 0 Å². The van der Waals surface area contributed by atoms with Crippen LogP contribution < -0.4 is 0 Å². The third kappa shape index (κ3) is 1.12. The van der Waals surface area contributed by atoms with Gasteiger partial charge in [-0.15, -0.1) is 11.3 Å². The van der Waals surface area contributed by atoms with E-state index >= 15 is 0 Å². The quantitative estimate of drug-likeness (QED) is 0.650. The first kappa shape index (κ1) is 7.74. The fourth-order valence-corrected chi connectivity index (χ4v) is 2.36. The van der Waals surface area contributed by atoms with Crippen molar-refractivity contribution in [1.82, 2.24) is 4.98 Å². The summed E-state index contributed by atoms with van der Waals surface area (Å²) < 4.78 is 1.34. The second kappa shape index (κ2) is 2.87. The highest BCUT2D eigenvalue weighted by Crippen LogP contribution is 2.27. The maximum atomic E-state index is 4.39. The number of thiophene rings is 1. The van der Waals surface area contributed by atoms with Crippen molar-refractivity contribution in [1.29, 1.82) is 0 Å². The summed E-state index contributed by atoms with van der Waals surface area (Å²) in [7, 11) is 0. The van der Waals surface area contributed by atoms with Gasteiger partial charge in [0.1, 0.15) is 0 Å². The second-order valence-electron chi connectivity index (χ2n) is 3.19. The van der Waals surface area contributed by atoms with Crippen molar-refractivity contribution in [3.8, 4) is 0 Å². The van der Waals surface area contributed by atoms with Gasteiger partial charge in [-0.25, -0.2) is 0 Å². The van der Waals surface area contributed by atoms with E-state index < -0.39 is 0 Å². The van der Waals surface area contributed by atoms with Crippen molar-refractivity contribution in [2.75, 3.05) is 0 Å². The van der Waals surface area contributed by atoms with E-state index in [4.69, 9.17) is 0 Å². The molecule has 0 aromatic carbocycles. The molecule has 0 unspecified atom stereocenters. The molecule has 0 atom stereocenters. The molecule has 0 radical (unpaired) electrons. The van der Waals surface area contributed by atoms with Crippen LogP contribution >= 0.6 is 11.3 Å². The van der Waals surface area contributed by atoms with Gasteiger partial charge in [0.15, 0.2) is 0 Å². The zero-order valence-electron chi connectivity index (χ0n) is 7.24. The highest BCUT2D eigenvalue weighted by atomic mass is 32.1. The van der Waals surface area contributed by atoms with Gasteiger partial charge in [0.05, 0.1) is 10.4 Å². The van der Waals surface area contributed by atoms with Gasteiger partial charge in [0, 0.05) is 6.20 Å². The number of aromatic nitrogens is 1. The molecule has 0 fully saturated rings. The smallest absolute Gasteiger partial charge is 0.0606 e. The Labute approximate surface area is 76.1 Å². The van der Waals surface area contributed by atoms with Gasteiger partial charge in [-0.3, -0.25) is 4.98 Å². The highest BCUT2D eigenvalue weighted by molar-refractivity contribution is 7.17. The predicted molar refractivity (Wildman–Crippen MR) is 53.7 cm³/mol. The molecule has 2 heterocycles. The number of pyridine rings is 1. The lowest BCUT2D eigenvalue weighted by Gasteiger charge is -2.03. The zero-order chi connectivity index (χ0) is 8.55. The molecular formula is C10H11NS. The van der Waals surface area contributed by atoms with E-state index in [1.807, 2.05) is 6.20 Å². The van der Waals surface area contributed by atoms with Crippen LogP contribution in [0.1, 0.15) is 25.5 Å². The maximum absolute atomic E-state index is 4.39. The summed E-state index contributed by atoms with van der Waals surface area (Å²) in [4.78, 5) is 4.39. The molecule has 0 N–H and O–H groups in total. The van der Waals surface area contributed by atoms with Crippen LogP contribution in [0.5, 0.6) is 0 Å². The molecule has 0 bridgehead atoms. The molecule has 2 heteroatoms. The van der Waals surface area contributed by atoms with Crippen molar-refractivity contribution < 1.29 is 0 Å². The van der Waals surface area contributed by atoms with Crippen molar-refractivity contribution >= 4 is 21.4 Å². The van der Waals surface area contributed by atoms with Crippen LogP contribution in [0.15, 0.2) is 23.7 Å². The molecule has 0 aliphatic carbocycles. The van der Waals surface area contributed by atoms with Gasteiger partial charge < -0.3 is 0 Å².